The Morgan fingerprint density at radius 3 is 3.00 bits per heavy atom. The van der Waals surface area contributed by atoms with Crippen molar-refractivity contribution in [3.8, 4) is 5.75 Å². The zero-order chi connectivity index (χ0) is 14.9. The van der Waals surface area contributed by atoms with Crippen molar-refractivity contribution in [3.05, 3.63) is 42.2 Å². The van der Waals surface area contributed by atoms with Gasteiger partial charge < -0.3 is 4.74 Å². The van der Waals surface area contributed by atoms with Gasteiger partial charge in [0, 0.05) is 12.7 Å². The van der Waals surface area contributed by atoms with Gasteiger partial charge in [0.1, 0.15) is 10.6 Å². The van der Waals surface area contributed by atoms with E-state index in [4.69, 9.17) is 4.74 Å². The third-order valence-electron chi connectivity index (χ3n) is 3.76. The summed E-state index contributed by atoms with van der Waals surface area (Å²) in [5, 5.41) is 6.29. The maximum atomic E-state index is 12.7. The number of ether oxygens (including phenoxy) is 1. The predicted molar refractivity (Wildman–Crippen MR) is 77.4 cm³/mol. The van der Waals surface area contributed by atoms with Gasteiger partial charge in [-0.25, -0.2) is 8.42 Å². The quantitative estimate of drug-likeness (QED) is 0.936. The van der Waals surface area contributed by atoms with Gasteiger partial charge in [0.2, 0.25) is 10.0 Å². The van der Waals surface area contributed by atoms with Gasteiger partial charge in [0.15, 0.2) is 0 Å². The standard InChI is InChI=1S/C14H17N3O3S/c1-20-12-5-2-4-11(8-12)14-6-3-7-17(14)21(18,19)13-9-15-16-10-13/h2,4-5,8-10,14H,3,6-7H2,1H3,(H,15,16)/t14-/m0/s1. The third-order valence-corrected chi connectivity index (χ3v) is 5.64. The van der Waals surface area contributed by atoms with Gasteiger partial charge in [0.25, 0.3) is 0 Å². The molecule has 21 heavy (non-hydrogen) atoms. The highest BCUT2D eigenvalue weighted by molar-refractivity contribution is 7.89. The van der Waals surface area contributed by atoms with Gasteiger partial charge >= 0.3 is 0 Å². The summed E-state index contributed by atoms with van der Waals surface area (Å²) in [6.07, 6.45) is 4.41. The first-order valence-corrected chi connectivity index (χ1v) is 8.21. The van der Waals surface area contributed by atoms with E-state index in [9.17, 15) is 8.42 Å². The Morgan fingerprint density at radius 1 is 1.43 bits per heavy atom. The molecular weight excluding hydrogens is 290 g/mol. The predicted octanol–water partition coefficient (Wildman–Crippen LogP) is 1.94. The summed E-state index contributed by atoms with van der Waals surface area (Å²) in [4.78, 5) is 0.206. The largest absolute Gasteiger partial charge is 0.497 e. The van der Waals surface area contributed by atoms with E-state index in [0.717, 1.165) is 24.2 Å². The van der Waals surface area contributed by atoms with E-state index in [-0.39, 0.29) is 10.9 Å². The van der Waals surface area contributed by atoms with Crippen LogP contribution in [0.4, 0.5) is 0 Å². The summed E-state index contributed by atoms with van der Waals surface area (Å²) in [7, 11) is -1.91. The molecule has 1 saturated heterocycles. The lowest BCUT2D eigenvalue weighted by molar-refractivity contribution is 0.390. The van der Waals surface area contributed by atoms with Crippen LogP contribution >= 0.6 is 0 Å². The van der Waals surface area contributed by atoms with Crippen LogP contribution in [0.1, 0.15) is 24.4 Å². The molecule has 0 amide bonds. The second-order valence-electron chi connectivity index (χ2n) is 4.98. The molecule has 112 valence electrons. The smallest absolute Gasteiger partial charge is 0.246 e. The van der Waals surface area contributed by atoms with Crippen LogP contribution in [0.2, 0.25) is 0 Å². The van der Waals surface area contributed by atoms with Crippen molar-refractivity contribution < 1.29 is 13.2 Å². The summed E-state index contributed by atoms with van der Waals surface area (Å²) in [6.45, 7) is 0.523. The van der Waals surface area contributed by atoms with Crippen LogP contribution < -0.4 is 4.74 Å². The Labute approximate surface area is 123 Å². The minimum atomic E-state index is -3.51. The molecule has 1 N–H and O–H groups in total. The molecule has 7 heteroatoms. The molecule has 2 heterocycles. The zero-order valence-electron chi connectivity index (χ0n) is 11.7. The maximum Gasteiger partial charge on any atom is 0.246 e. The first kappa shape index (κ1) is 14.1. The lowest BCUT2D eigenvalue weighted by Gasteiger charge is -2.24. The lowest BCUT2D eigenvalue weighted by atomic mass is 10.1. The average Bonchev–Trinajstić information content (AvgIpc) is 3.18. The van der Waals surface area contributed by atoms with E-state index in [0.29, 0.717) is 6.54 Å². The third kappa shape index (κ3) is 2.54. The van der Waals surface area contributed by atoms with Gasteiger partial charge in [-0.2, -0.15) is 9.40 Å². The van der Waals surface area contributed by atoms with Crippen LogP contribution in [0.25, 0.3) is 0 Å². The fraction of sp³-hybridized carbons (Fsp3) is 0.357. The Kier molecular flexibility index (Phi) is 3.69. The summed E-state index contributed by atoms with van der Waals surface area (Å²) in [5.74, 6) is 0.736. The van der Waals surface area contributed by atoms with Gasteiger partial charge in [-0.05, 0) is 30.5 Å². The van der Waals surface area contributed by atoms with E-state index in [1.165, 1.54) is 12.4 Å². The van der Waals surface area contributed by atoms with Crippen LogP contribution in [-0.2, 0) is 10.0 Å². The number of rotatable bonds is 4. The normalized spacial score (nSPS) is 19.8. The van der Waals surface area contributed by atoms with Crippen molar-refractivity contribution in [1.29, 1.82) is 0 Å². The number of sulfonamides is 1. The molecule has 1 aromatic heterocycles. The molecule has 2 aromatic rings. The number of hydrogen-bond donors (Lipinski definition) is 1. The number of aromatic amines is 1. The molecule has 6 nitrogen and oxygen atoms in total. The first-order chi connectivity index (χ1) is 10.1. The minimum absolute atomic E-state index is 0.153. The van der Waals surface area contributed by atoms with Gasteiger partial charge in [-0.1, -0.05) is 12.1 Å². The maximum absolute atomic E-state index is 12.7. The molecule has 0 radical (unpaired) electrons. The highest BCUT2D eigenvalue weighted by Crippen LogP contribution is 2.37. The molecule has 1 aliphatic heterocycles. The van der Waals surface area contributed by atoms with E-state index < -0.39 is 10.0 Å². The highest BCUT2D eigenvalue weighted by atomic mass is 32.2. The van der Waals surface area contributed by atoms with E-state index in [1.54, 1.807) is 11.4 Å². The van der Waals surface area contributed by atoms with Crippen molar-refractivity contribution >= 4 is 10.0 Å². The number of benzene rings is 1. The fourth-order valence-electron chi connectivity index (χ4n) is 2.73. The monoisotopic (exact) mass is 307 g/mol. The first-order valence-electron chi connectivity index (χ1n) is 6.77. The Hall–Kier alpha value is -1.86. The van der Waals surface area contributed by atoms with E-state index in [2.05, 4.69) is 10.2 Å². The number of nitrogens with zero attached hydrogens (tertiary/aromatic N) is 2. The Bertz CT molecular complexity index is 713. The molecule has 0 bridgehead atoms. The van der Waals surface area contributed by atoms with Crippen LogP contribution in [0.15, 0.2) is 41.6 Å². The Balaban J connectivity index is 1.96. The summed E-state index contributed by atoms with van der Waals surface area (Å²) < 4.78 is 32.1. The molecule has 1 aromatic carbocycles. The van der Waals surface area contributed by atoms with Crippen LogP contribution in [0.3, 0.4) is 0 Å². The molecule has 0 saturated carbocycles. The topological polar surface area (TPSA) is 75.3 Å². The molecule has 1 atom stereocenters. The second kappa shape index (κ2) is 5.50. The van der Waals surface area contributed by atoms with Crippen LogP contribution in [0.5, 0.6) is 5.75 Å². The number of aromatic nitrogens is 2. The molecule has 1 fully saturated rings. The summed E-state index contributed by atoms with van der Waals surface area (Å²) >= 11 is 0. The van der Waals surface area contributed by atoms with Gasteiger partial charge in [0.05, 0.1) is 19.3 Å². The van der Waals surface area contributed by atoms with Crippen LogP contribution in [0, 0.1) is 0 Å². The molecular formula is C14H17N3O3S. The molecule has 3 rings (SSSR count). The molecule has 0 aliphatic carbocycles. The Morgan fingerprint density at radius 2 is 2.29 bits per heavy atom. The van der Waals surface area contributed by atoms with Gasteiger partial charge in [-0.15, -0.1) is 0 Å². The van der Waals surface area contributed by atoms with E-state index in [1.807, 2.05) is 24.3 Å². The van der Waals surface area contributed by atoms with Crippen molar-refractivity contribution in [1.82, 2.24) is 14.5 Å². The lowest BCUT2D eigenvalue weighted by Crippen LogP contribution is -2.30. The SMILES string of the molecule is COc1cccc([C@@H]2CCCN2S(=O)(=O)c2cn[nH]c2)c1. The fourth-order valence-corrected chi connectivity index (χ4v) is 4.32. The summed E-state index contributed by atoms with van der Waals surface area (Å²) in [5.41, 5.74) is 0.957. The van der Waals surface area contributed by atoms with Crippen molar-refractivity contribution in [2.45, 2.75) is 23.8 Å². The highest BCUT2D eigenvalue weighted by Gasteiger charge is 2.36. The number of nitrogens with one attached hydrogen (secondary N) is 1. The van der Waals surface area contributed by atoms with E-state index >= 15 is 0 Å². The molecule has 0 unspecified atom stereocenters. The number of methoxy groups -OCH3 is 1. The average molecular weight is 307 g/mol. The van der Waals surface area contributed by atoms with Crippen molar-refractivity contribution in [2.75, 3.05) is 13.7 Å². The number of H-pyrrole nitrogens is 1. The number of hydrogen-bond acceptors (Lipinski definition) is 4. The minimum Gasteiger partial charge on any atom is -0.497 e. The van der Waals surface area contributed by atoms with Crippen molar-refractivity contribution in [2.24, 2.45) is 0 Å². The molecule has 0 spiro atoms. The zero-order valence-corrected chi connectivity index (χ0v) is 12.5. The van der Waals surface area contributed by atoms with Crippen molar-refractivity contribution in [3.63, 3.8) is 0 Å². The molecule has 1 aliphatic rings. The second-order valence-corrected chi connectivity index (χ2v) is 6.87. The van der Waals surface area contributed by atoms with Crippen LogP contribution in [-0.4, -0.2) is 36.6 Å². The summed E-state index contributed by atoms with van der Waals surface area (Å²) in [6, 6.07) is 7.42. The van der Waals surface area contributed by atoms with Gasteiger partial charge in [-0.3, -0.25) is 5.10 Å².